The van der Waals surface area contributed by atoms with Crippen LogP contribution in [0.1, 0.15) is 24.9 Å². The number of hydrogen-bond acceptors (Lipinski definition) is 3. The van der Waals surface area contributed by atoms with Crippen LogP contribution in [0.15, 0.2) is 24.3 Å². The summed E-state index contributed by atoms with van der Waals surface area (Å²) in [6.45, 7) is 23.4. The third kappa shape index (κ3) is 9.14. The van der Waals surface area contributed by atoms with Crippen LogP contribution in [-0.2, 0) is 40.9 Å². The van der Waals surface area contributed by atoms with E-state index in [4.69, 9.17) is 23.5 Å². The summed E-state index contributed by atoms with van der Waals surface area (Å²) in [4.78, 5) is 5.76. The van der Waals surface area contributed by atoms with Crippen LogP contribution in [0.2, 0.25) is 19.6 Å². The Kier molecular flexibility index (Phi) is 18.6. The van der Waals surface area contributed by atoms with Crippen LogP contribution in [0.4, 0.5) is 0 Å². The topological polar surface area (TPSA) is 81.4 Å². The van der Waals surface area contributed by atoms with Crippen molar-refractivity contribution in [1.82, 2.24) is 5.06 Å². The second-order valence-corrected chi connectivity index (χ2v) is 11.2. The molecule has 8 heteroatoms. The molecular formula is C18H25CrNO5Si. The Bertz CT molecular complexity index is 542. The van der Waals surface area contributed by atoms with Gasteiger partial charge in [-0.25, -0.2) is 0 Å². The molecule has 0 aromatic heterocycles. The first kappa shape index (κ1) is 29.8. The predicted octanol–water partition coefficient (Wildman–Crippen LogP) is 2.79. The maximum Gasteiger partial charge on any atom is 0 e. The van der Waals surface area contributed by atoms with Crippen molar-refractivity contribution < 1.29 is 40.9 Å². The van der Waals surface area contributed by atoms with Crippen molar-refractivity contribution in [3.63, 3.8) is 0 Å². The molecule has 0 N–H and O–H groups in total. The Morgan fingerprint density at radius 3 is 2.08 bits per heavy atom. The van der Waals surface area contributed by atoms with E-state index in [-0.39, 0.29) is 23.7 Å². The Morgan fingerprint density at radius 2 is 1.62 bits per heavy atom. The summed E-state index contributed by atoms with van der Waals surface area (Å²) < 4.78 is 28.1. The molecule has 0 radical (unpaired) electrons. The van der Waals surface area contributed by atoms with Crippen LogP contribution in [0.5, 0.6) is 0 Å². The van der Waals surface area contributed by atoms with Gasteiger partial charge in [0.1, 0.15) is 0 Å². The van der Waals surface area contributed by atoms with Gasteiger partial charge >= 0.3 is 33.9 Å². The Hall–Kier alpha value is -0.931. The molecule has 2 rings (SSSR count). The molecule has 0 aliphatic carbocycles. The molecule has 1 aromatic rings. The molecule has 0 amide bonds. The van der Waals surface area contributed by atoms with Crippen molar-refractivity contribution in [3.8, 4) is 0 Å². The van der Waals surface area contributed by atoms with E-state index in [1.807, 2.05) is 19.0 Å². The van der Waals surface area contributed by atoms with Gasteiger partial charge in [-0.05, 0) is 12.5 Å². The standard InChI is InChI=1S/C15H25NO2Si.3CO.Cr/c1-6-17-15-11-13(16(2)18-15)12-9-7-8-10-14(12)19(3,4)5;3*1-2;/h7-10,13,15H,6,11H2,1-5H3;;;;/t13-,15+;;;;/m0..../s1. The van der Waals surface area contributed by atoms with Crippen LogP contribution in [0, 0.1) is 20.0 Å². The molecule has 1 aliphatic heterocycles. The van der Waals surface area contributed by atoms with Gasteiger partial charge in [-0.15, -0.1) is 0 Å². The number of hydroxylamine groups is 2. The zero-order chi connectivity index (χ0) is 20.0. The van der Waals surface area contributed by atoms with Crippen molar-refractivity contribution >= 4 is 13.3 Å². The summed E-state index contributed by atoms with van der Waals surface area (Å²) in [6, 6.07) is 9.10. The molecule has 0 bridgehead atoms. The van der Waals surface area contributed by atoms with E-state index >= 15 is 0 Å². The smallest absolute Gasteiger partial charge is 0 e. The van der Waals surface area contributed by atoms with Crippen molar-refractivity contribution in [2.45, 2.75) is 45.3 Å². The van der Waals surface area contributed by atoms with Gasteiger partial charge in [-0.1, -0.05) is 49.1 Å². The molecule has 0 saturated carbocycles. The summed E-state index contributed by atoms with van der Waals surface area (Å²) in [5.74, 6) is 0. The van der Waals surface area contributed by atoms with Gasteiger partial charge in [0.25, 0.3) is 0 Å². The molecule has 1 aliphatic rings. The molecule has 1 saturated heterocycles. The Morgan fingerprint density at radius 1 is 1.12 bits per heavy atom. The van der Waals surface area contributed by atoms with Crippen molar-refractivity contribution in [1.29, 1.82) is 0 Å². The van der Waals surface area contributed by atoms with Crippen LogP contribution >= 0.6 is 0 Å². The Balaban J connectivity index is -0.000000686. The van der Waals surface area contributed by atoms with Gasteiger partial charge in [0, 0.05) is 37.4 Å². The van der Waals surface area contributed by atoms with Crippen LogP contribution in [0.3, 0.4) is 0 Å². The zero-order valence-electron chi connectivity index (χ0n) is 15.8. The van der Waals surface area contributed by atoms with Gasteiger partial charge in [0.2, 0.25) is 0 Å². The van der Waals surface area contributed by atoms with Gasteiger partial charge in [0.05, 0.1) is 14.1 Å². The Labute approximate surface area is 168 Å². The molecule has 26 heavy (non-hydrogen) atoms. The molecule has 142 valence electrons. The molecule has 1 heterocycles. The third-order valence-electron chi connectivity index (χ3n) is 3.62. The minimum absolute atomic E-state index is 0. The monoisotopic (exact) mass is 415 g/mol. The zero-order valence-corrected chi connectivity index (χ0v) is 18.1. The number of ether oxygens (including phenoxy) is 1. The third-order valence-corrected chi connectivity index (χ3v) is 5.69. The van der Waals surface area contributed by atoms with Gasteiger partial charge in [-0.2, -0.15) is 5.06 Å². The van der Waals surface area contributed by atoms with Crippen LogP contribution in [-0.4, -0.2) is 33.1 Å². The summed E-state index contributed by atoms with van der Waals surface area (Å²) in [5, 5.41) is 3.48. The first-order valence-electron chi connectivity index (χ1n) is 7.65. The minimum atomic E-state index is -1.34. The van der Waals surface area contributed by atoms with E-state index in [2.05, 4.69) is 63.9 Å². The summed E-state index contributed by atoms with van der Waals surface area (Å²) in [6.07, 6.45) is 0.806. The van der Waals surface area contributed by atoms with Crippen molar-refractivity contribution in [2.24, 2.45) is 0 Å². The van der Waals surface area contributed by atoms with Crippen molar-refractivity contribution in [3.05, 3.63) is 49.8 Å². The molecule has 6 nitrogen and oxygen atoms in total. The fourth-order valence-corrected chi connectivity index (χ4v) is 4.42. The molecule has 0 spiro atoms. The molecule has 1 aromatic carbocycles. The van der Waals surface area contributed by atoms with Gasteiger partial charge in [0.15, 0.2) is 6.29 Å². The van der Waals surface area contributed by atoms with E-state index in [0.29, 0.717) is 12.6 Å². The average molecular weight is 415 g/mol. The van der Waals surface area contributed by atoms with Crippen LogP contribution < -0.4 is 5.19 Å². The van der Waals surface area contributed by atoms with E-state index in [1.54, 1.807) is 0 Å². The summed E-state index contributed by atoms with van der Waals surface area (Å²) >= 11 is 0. The van der Waals surface area contributed by atoms with Gasteiger partial charge < -0.3 is 4.74 Å². The van der Waals surface area contributed by atoms with Crippen molar-refractivity contribution in [2.75, 3.05) is 13.7 Å². The number of benzene rings is 1. The molecule has 0 unspecified atom stereocenters. The van der Waals surface area contributed by atoms with Crippen LogP contribution in [0.25, 0.3) is 0 Å². The number of hydrogen-bond donors (Lipinski definition) is 0. The maximum atomic E-state index is 7.50. The van der Waals surface area contributed by atoms with E-state index in [1.165, 1.54) is 10.8 Å². The molecular weight excluding hydrogens is 390 g/mol. The van der Waals surface area contributed by atoms with E-state index < -0.39 is 8.07 Å². The first-order chi connectivity index (χ1) is 11.9. The normalized spacial score (nSPS) is 18.4. The second-order valence-electron chi connectivity index (χ2n) is 6.13. The molecule has 2 atom stereocenters. The number of nitrogens with zero attached hydrogens (tertiary/aromatic N) is 1. The quantitative estimate of drug-likeness (QED) is 0.431. The first-order valence-corrected chi connectivity index (χ1v) is 11.2. The minimum Gasteiger partial charge on any atom is 0 e. The van der Waals surface area contributed by atoms with E-state index in [0.717, 1.165) is 6.42 Å². The fraction of sp³-hybridized carbons (Fsp3) is 0.500. The number of rotatable bonds is 4. The predicted molar refractivity (Wildman–Crippen MR) is 92.8 cm³/mol. The maximum absolute atomic E-state index is 7.50. The average Bonchev–Trinajstić information content (AvgIpc) is 3.00. The SMILES string of the molecule is CCO[C@H]1C[C@@H](c2ccccc2[Si](C)(C)C)N(C)O1.[C-]#[O+].[C-]#[O+].[C-]#[O+].[Cr]. The van der Waals surface area contributed by atoms with Gasteiger partial charge in [-0.3, -0.25) is 4.84 Å². The second kappa shape index (κ2) is 16.3. The molecule has 1 fully saturated rings. The summed E-state index contributed by atoms with van der Waals surface area (Å²) in [5.41, 5.74) is 1.41. The largest absolute Gasteiger partial charge is 0 e. The van der Waals surface area contributed by atoms with E-state index in [9.17, 15) is 0 Å². The summed E-state index contributed by atoms with van der Waals surface area (Å²) in [7, 11) is 0.666. The fourth-order valence-electron chi connectivity index (χ4n) is 2.71.